The molecule has 1 rings (SSSR count). The minimum atomic E-state index is 0.322. The lowest BCUT2D eigenvalue weighted by molar-refractivity contribution is 0.411. The van der Waals surface area contributed by atoms with Crippen LogP contribution in [0.25, 0.3) is 0 Å². The molecule has 3 N–H and O–H groups in total. The van der Waals surface area contributed by atoms with E-state index < -0.39 is 0 Å². The summed E-state index contributed by atoms with van der Waals surface area (Å²) in [6, 6.07) is 0.377. The summed E-state index contributed by atoms with van der Waals surface area (Å²) in [6.45, 7) is 6.04. The molecule has 0 aliphatic carbocycles. The van der Waals surface area contributed by atoms with Crippen LogP contribution in [0.5, 0.6) is 0 Å². The van der Waals surface area contributed by atoms with Gasteiger partial charge in [-0.3, -0.25) is 11.3 Å². The van der Waals surface area contributed by atoms with Crippen LogP contribution in [0, 0.1) is 0 Å². The van der Waals surface area contributed by atoms with Gasteiger partial charge in [0.2, 0.25) is 0 Å². The number of rotatable bonds is 4. The van der Waals surface area contributed by atoms with Gasteiger partial charge in [0.1, 0.15) is 0 Å². The van der Waals surface area contributed by atoms with Gasteiger partial charge in [0, 0.05) is 10.8 Å². The Labute approximate surface area is 78.9 Å². The molecule has 2 unspecified atom stereocenters. The van der Waals surface area contributed by atoms with Crippen molar-refractivity contribution < 1.29 is 0 Å². The third-order valence-electron chi connectivity index (χ3n) is 2.59. The van der Waals surface area contributed by atoms with Gasteiger partial charge in [0.15, 0.2) is 0 Å². The summed E-state index contributed by atoms with van der Waals surface area (Å²) in [5, 5.41) is 0. The number of hydrogen-bond donors (Lipinski definition) is 2. The van der Waals surface area contributed by atoms with Gasteiger partial charge >= 0.3 is 0 Å². The van der Waals surface area contributed by atoms with Crippen LogP contribution in [0.3, 0.4) is 0 Å². The first-order valence-corrected chi connectivity index (χ1v) is 5.42. The highest BCUT2D eigenvalue weighted by Crippen LogP contribution is 2.41. The average molecular weight is 186 g/mol. The Morgan fingerprint density at radius 1 is 1.83 bits per heavy atom. The fourth-order valence-corrected chi connectivity index (χ4v) is 3.14. The summed E-state index contributed by atoms with van der Waals surface area (Å²) in [4.78, 5) is 0. The van der Waals surface area contributed by atoms with Crippen molar-refractivity contribution in [1.29, 1.82) is 0 Å². The highest BCUT2D eigenvalue weighted by Gasteiger charge is 2.36. The Bertz CT molecular complexity index is 153. The topological polar surface area (TPSA) is 38.0 Å². The van der Waals surface area contributed by atoms with Crippen molar-refractivity contribution in [2.45, 2.75) is 37.0 Å². The zero-order valence-electron chi connectivity index (χ0n) is 7.68. The van der Waals surface area contributed by atoms with E-state index in [4.69, 9.17) is 5.84 Å². The molecule has 2 nitrogen and oxygen atoms in total. The summed E-state index contributed by atoms with van der Waals surface area (Å²) in [5.41, 5.74) is 2.89. The minimum Gasteiger partial charge on any atom is -0.271 e. The minimum absolute atomic E-state index is 0.322. The zero-order chi connectivity index (χ0) is 9.03. The quantitative estimate of drug-likeness (QED) is 0.398. The number of thioether (sulfide) groups is 1. The van der Waals surface area contributed by atoms with Gasteiger partial charge in [-0.1, -0.05) is 6.08 Å². The molecule has 0 saturated carbocycles. The third-order valence-corrected chi connectivity index (χ3v) is 4.23. The van der Waals surface area contributed by atoms with Crippen molar-refractivity contribution in [3.05, 3.63) is 12.7 Å². The lowest BCUT2D eigenvalue weighted by atomic mass is 9.94. The van der Waals surface area contributed by atoms with Crippen molar-refractivity contribution in [2.24, 2.45) is 5.84 Å². The van der Waals surface area contributed by atoms with Gasteiger partial charge < -0.3 is 0 Å². The van der Waals surface area contributed by atoms with Gasteiger partial charge in [0.25, 0.3) is 0 Å². The Morgan fingerprint density at radius 3 is 3.00 bits per heavy atom. The predicted octanol–water partition coefficient (Wildman–Crippen LogP) is 1.68. The lowest BCUT2D eigenvalue weighted by Crippen LogP contribution is -2.48. The van der Waals surface area contributed by atoms with E-state index in [0.717, 1.165) is 6.42 Å². The second kappa shape index (κ2) is 4.30. The van der Waals surface area contributed by atoms with Crippen LogP contribution in [0.15, 0.2) is 12.7 Å². The standard InChI is InChI=1S/C9H18N2S/c1-3-5-8(11-10)9(2)6-4-7-12-9/h3,8,11H,1,4-7,10H2,2H3. The van der Waals surface area contributed by atoms with Crippen LogP contribution in [0.4, 0.5) is 0 Å². The molecule has 12 heavy (non-hydrogen) atoms. The Balaban J connectivity index is 2.55. The maximum absolute atomic E-state index is 5.51. The summed E-state index contributed by atoms with van der Waals surface area (Å²) in [5.74, 6) is 6.78. The molecule has 0 bridgehead atoms. The van der Waals surface area contributed by atoms with Crippen molar-refractivity contribution in [3.63, 3.8) is 0 Å². The predicted molar refractivity (Wildman–Crippen MR) is 56.0 cm³/mol. The molecule has 1 fully saturated rings. The van der Waals surface area contributed by atoms with Crippen molar-refractivity contribution >= 4 is 11.8 Å². The van der Waals surface area contributed by atoms with E-state index in [2.05, 4.69) is 18.9 Å². The summed E-state index contributed by atoms with van der Waals surface area (Å²) in [7, 11) is 0. The molecule has 3 heteroatoms. The lowest BCUT2D eigenvalue weighted by Gasteiger charge is -2.31. The molecule has 70 valence electrons. The highest BCUT2D eigenvalue weighted by molar-refractivity contribution is 8.00. The van der Waals surface area contributed by atoms with E-state index in [9.17, 15) is 0 Å². The van der Waals surface area contributed by atoms with Crippen LogP contribution in [-0.4, -0.2) is 16.5 Å². The van der Waals surface area contributed by atoms with Crippen LogP contribution in [0.2, 0.25) is 0 Å². The van der Waals surface area contributed by atoms with Gasteiger partial charge in [-0.25, -0.2) is 0 Å². The number of nitrogens with two attached hydrogens (primary N) is 1. The molecule has 0 amide bonds. The second-order valence-electron chi connectivity index (χ2n) is 3.51. The maximum atomic E-state index is 5.51. The van der Waals surface area contributed by atoms with Gasteiger partial charge in [0.05, 0.1) is 0 Å². The Kier molecular flexibility index (Phi) is 3.62. The number of nitrogens with one attached hydrogen (secondary N) is 1. The molecule has 2 atom stereocenters. The normalized spacial score (nSPS) is 31.8. The van der Waals surface area contributed by atoms with E-state index in [1.54, 1.807) is 0 Å². The Morgan fingerprint density at radius 2 is 2.58 bits per heavy atom. The van der Waals surface area contributed by atoms with E-state index >= 15 is 0 Å². The number of hydrazine groups is 1. The number of hydrogen-bond acceptors (Lipinski definition) is 3. The fraction of sp³-hybridized carbons (Fsp3) is 0.778. The molecule has 0 radical (unpaired) electrons. The molecular weight excluding hydrogens is 168 g/mol. The largest absolute Gasteiger partial charge is 0.271 e. The molecule has 1 aliphatic heterocycles. The molecule has 0 spiro atoms. The van der Waals surface area contributed by atoms with E-state index in [1.807, 2.05) is 17.8 Å². The first kappa shape index (κ1) is 10.1. The molecule has 1 aliphatic rings. The van der Waals surface area contributed by atoms with Crippen LogP contribution >= 0.6 is 11.8 Å². The fourth-order valence-electron chi connectivity index (χ4n) is 1.74. The first-order valence-electron chi connectivity index (χ1n) is 4.44. The van der Waals surface area contributed by atoms with E-state index in [0.29, 0.717) is 10.8 Å². The third kappa shape index (κ3) is 2.03. The van der Waals surface area contributed by atoms with Gasteiger partial charge in [-0.15, -0.1) is 6.58 Å². The zero-order valence-corrected chi connectivity index (χ0v) is 8.49. The molecule has 1 saturated heterocycles. The molecule has 1 heterocycles. The van der Waals surface area contributed by atoms with Crippen molar-refractivity contribution in [1.82, 2.24) is 5.43 Å². The first-order chi connectivity index (χ1) is 5.73. The van der Waals surface area contributed by atoms with Crippen molar-refractivity contribution in [3.8, 4) is 0 Å². The summed E-state index contributed by atoms with van der Waals surface area (Å²) >= 11 is 2.03. The SMILES string of the molecule is C=CCC(NN)C1(C)CCCS1. The maximum Gasteiger partial charge on any atom is 0.0389 e. The Hall–Kier alpha value is 0.0100. The smallest absolute Gasteiger partial charge is 0.0389 e. The summed E-state index contributed by atoms with van der Waals surface area (Å²) < 4.78 is 0.322. The van der Waals surface area contributed by atoms with Gasteiger partial charge in [-0.2, -0.15) is 11.8 Å². The molecule has 0 aromatic heterocycles. The van der Waals surface area contributed by atoms with Crippen LogP contribution in [-0.2, 0) is 0 Å². The monoisotopic (exact) mass is 186 g/mol. The van der Waals surface area contributed by atoms with Crippen LogP contribution < -0.4 is 11.3 Å². The van der Waals surface area contributed by atoms with E-state index in [1.165, 1.54) is 18.6 Å². The molecule has 0 aromatic carbocycles. The molecular formula is C9H18N2S. The second-order valence-corrected chi connectivity index (χ2v) is 5.14. The highest BCUT2D eigenvalue weighted by atomic mass is 32.2. The summed E-state index contributed by atoms with van der Waals surface area (Å²) in [6.07, 6.45) is 5.48. The van der Waals surface area contributed by atoms with Gasteiger partial charge in [-0.05, 0) is 31.9 Å². The van der Waals surface area contributed by atoms with Crippen molar-refractivity contribution in [2.75, 3.05) is 5.75 Å². The molecule has 0 aromatic rings. The average Bonchev–Trinajstić information content (AvgIpc) is 2.49. The van der Waals surface area contributed by atoms with Crippen LogP contribution in [0.1, 0.15) is 26.2 Å². The van der Waals surface area contributed by atoms with E-state index in [-0.39, 0.29) is 0 Å².